The number of benzene rings is 1. The van der Waals surface area contributed by atoms with Crippen LogP contribution < -0.4 is 0 Å². The molecule has 0 aliphatic heterocycles. The highest BCUT2D eigenvalue weighted by Gasteiger charge is 2.20. The zero-order valence-corrected chi connectivity index (χ0v) is 8.30. The largest absolute Gasteiger partial charge is 0.508 e. The molecule has 0 heterocycles. The Morgan fingerprint density at radius 2 is 1.93 bits per heavy atom. The van der Waals surface area contributed by atoms with Crippen molar-refractivity contribution in [2.24, 2.45) is 0 Å². The van der Waals surface area contributed by atoms with Gasteiger partial charge in [0.05, 0.1) is 0 Å². The van der Waals surface area contributed by atoms with Crippen molar-refractivity contribution in [1.82, 2.24) is 0 Å². The Balaban J connectivity index is 2.85. The number of aromatic hydroxyl groups is 1. The molecule has 0 saturated heterocycles. The smallest absolute Gasteiger partial charge is 0.310 e. The fourth-order valence-electron chi connectivity index (χ4n) is 1.33. The van der Waals surface area contributed by atoms with Crippen LogP contribution in [0.2, 0.25) is 0 Å². The second kappa shape index (κ2) is 4.59. The predicted molar refractivity (Wildman–Crippen MR) is 53.8 cm³/mol. The monoisotopic (exact) mass is 208 g/mol. The zero-order chi connectivity index (χ0) is 11.4. The molecule has 4 nitrogen and oxygen atoms in total. The summed E-state index contributed by atoms with van der Waals surface area (Å²) in [5, 5.41) is 17.9. The van der Waals surface area contributed by atoms with Crippen molar-refractivity contribution in [3.05, 3.63) is 29.8 Å². The van der Waals surface area contributed by atoms with E-state index in [2.05, 4.69) is 0 Å². The van der Waals surface area contributed by atoms with E-state index in [1.54, 1.807) is 25.1 Å². The molecule has 0 aliphatic rings. The first kappa shape index (κ1) is 11.2. The Labute approximate surface area is 87.2 Å². The number of rotatable bonds is 4. The Bertz CT molecular complexity index is 384. The SMILES string of the molecule is CC(C(=O)CC(=O)O)c1ccccc1O. The van der Waals surface area contributed by atoms with E-state index in [0.29, 0.717) is 5.56 Å². The van der Waals surface area contributed by atoms with Gasteiger partial charge in [-0.2, -0.15) is 0 Å². The van der Waals surface area contributed by atoms with Crippen molar-refractivity contribution in [2.45, 2.75) is 19.3 Å². The second-order valence-electron chi connectivity index (χ2n) is 3.32. The van der Waals surface area contributed by atoms with E-state index in [1.165, 1.54) is 6.07 Å². The number of carboxylic acid groups (broad SMARTS) is 1. The average molecular weight is 208 g/mol. The number of carbonyl (C=O) groups excluding carboxylic acids is 1. The van der Waals surface area contributed by atoms with Gasteiger partial charge in [0, 0.05) is 11.5 Å². The predicted octanol–water partition coefficient (Wildman–Crippen LogP) is 1.54. The molecule has 1 aromatic rings. The molecule has 0 amide bonds. The first-order valence-corrected chi connectivity index (χ1v) is 4.54. The minimum atomic E-state index is -1.15. The highest BCUT2D eigenvalue weighted by atomic mass is 16.4. The van der Waals surface area contributed by atoms with Gasteiger partial charge in [0.25, 0.3) is 0 Å². The zero-order valence-electron chi connectivity index (χ0n) is 8.30. The summed E-state index contributed by atoms with van der Waals surface area (Å²) in [6.07, 6.45) is -0.518. The van der Waals surface area contributed by atoms with Gasteiger partial charge in [0.1, 0.15) is 12.2 Å². The van der Waals surface area contributed by atoms with E-state index in [9.17, 15) is 14.7 Å². The maximum Gasteiger partial charge on any atom is 0.310 e. The topological polar surface area (TPSA) is 74.6 Å². The van der Waals surface area contributed by atoms with Crippen LogP contribution in [0.4, 0.5) is 0 Å². The lowest BCUT2D eigenvalue weighted by Gasteiger charge is -2.10. The third-order valence-corrected chi connectivity index (χ3v) is 2.21. The molecule has 0 aromatic heterocycles. The lowest BCUT2D eigenvalue weighted by molar-refractivity contribution is -0.140. The van der Waals surface area contributed by atoms with Crippen LogP contribution in [-0.4, -0.2) is 22.0 Å². The number of para-hydroxylation sites is 1. The first-order chi connectivity index (χ1) is 7.02. The Hall–Kier alpha value is -1.84. The maximum absolute atomic E-state index is 11.4. The van der Waals surface area contributed by atoms with Crippen molar-refractivity contribution in [3.63, 3.8) is 0 Å². The number of phenolic OH excluding ortho intramolecular Hbond substituents is 1. The number of hydrogen-bond acceptors (Lipinski definition) is 3. The molecule has 2 N–H and O–H groups in total. The third-order valence-electron chi connectivity index (χ3n) is 2.21. The average Bonchev–Trinajstić information content (AvgIpc) is 2.16. The van der Waals surface area contributed by atoms with Gasteiger partial charge in [-0.15, -0.1) is 0 Å². The minimum Gasteiger partial charge on any atom is -0.508 e. The van der Waals surface area contributed by atoms with Crippen molar-refractivity contribution < 1.29 is 19.8 Å². The molecule has 4 heteroatoms. The number of Topliss-reactive ketones (excluding diaryl/α,β-unsaturated/α-hetero) is 1. The van der Waals surface area contributed by atoms with E-state index in [4.69, 9.17) is 5.11 Å². The van der Waals surface area contributed by atoms with Gasteiger partial charge in [0.2, 0.25) is 0 Å². The summed E-state index contributed by atoms with van der Waals surface area (Å²) in [6, 6.07) is 6.42. The third kappa shape index (κ3) is 2.80. The van der Waals surface area contributed by atoms with E-state index in [-0.39, 0.29) is 5.75 Å². The van der Waals surface area contributed by atoms with Crippen molar-refractivity contribution >= 4 is 11.8 Å². The Morgan fingerprint density at radius 3 is 2.47 bits per heavy atom. The minimum absolute atomic E-state index is 0.0174. The fourth-order valence-corrected chi connectivity index (χ4v) is 1.33. The van der Waals surface area contributed by atoms with Crippen LogP contribution in [0.25, 0.3) is 0 Å². The molecule has 0 fully saturated rings. The lowest BCUT2D eigenvalue weighted by atomic mass is 9.94. The van der Waals surface area contributed by atoms with Gasteiger partial charge in [0.15, 0.2) is 5.78 Å². The fraction of sp³-hybridized carbons (Fsp3) is 0.273. The molecule has 80 valence electrons. The van der Waals surface area contributed by atoms with Crippen LogP contribution in [0.15, 0.2) is 24.3 Å². The Kier molecular flexibility index (Phi) is 3.44. The summed E-state index contributed by atoms with van der Waals surface area (Å²) in [6.45, 7) is 1.58. The molecular weight excluding hydrogens is 196 g/mol. The summed E-state index contributed by atoms with van der Waals surface area (Å²) in [7, 11) is 0. The highest BCUT2D eigenvalue weighted by Crippen LogP contribution is 2.26. The normalized spacial score (nSPS) is 12.1. The van der Waals surface area contributed by atoms with Gasteiger partial charge >= 0.3 is 5.97 Å². The molecule has 0 saturated carbocycles. The molecule has 0 spiro atoms. The summed E-state index contributed by atoms with van der Waals surface area (Å²) in [5.41, 5.74) is 0.462. The summed E-state index contributed by atoms with van der Waals surface area (Å²) in [5.74, 6) is -2.14. The molecule has 1 atom stereocenters. The van der Waals surface area contributed by atoms with Gasteiger partial charge in [-0.25, -0.2) is 0 Å². The van der Waals surface area contributed by atoms with Crippen LogP contribution in [0.5, 0.6) is 5.75 Å². The maximum atomic E-state index is 11.4. The lowest BCUT2D eigenvalue weighted by Crippen LogP contribution is -2.13. The van der Waals surface area contributed by atoms with Crippen LogP contribution in [0, 0.1) is 0 Å². The van der Waals surface area contributed by atoms with E-state index in [0.717, 1.165) is 0 Å². The number of ketones is 1. The standard InChI is InChI=1S/C11H12O4/c1-7(10(13)6-11(14)15)8-4-2-3-5-9(8)12/h2-5,7,12H,6H2,1H3,(H,14,15). The molecule has 1 rings (SSSR count). The van der Waals surface area contributed by atoms with Gasteiger partial charge in [-0.3, -0.25) is 9.59 Å². The first-order valence-electron chi connectivity index (χ1n) is 4.54. The van der Waals surface area contributed by atoms with E-state index < -0.39 is 24.1 Å². The molecule has 0 radical (unpaired) electrons. The van der Waals surface area contributed by atoms with Crippen LogP contribution >= 0.6 is 0 Å². The number of carboxylic acids is 1. The molecule has 1 unspecified atom stereocenters. The van der Waals surface area contributed by atoms with E-state index in [1.807, 2.05) is 0 Å². The quantitative estimate of drug-likeness (QED) is 0.736. The molecule has 15 heavy (non-hydrogen) atoms. The molecule has 0 bridgehead atoms. The number of aliphatic carboxylic acids is 1. The van der Waals surface area contributed by atoms with Crippen LogP contribution in [0.3, 0.4) is 0 Å². The highest BCUT2D eigenvalue weighted by molar-refractivity contribution is 5.98. The summed E-state index contributed by atoms with van der Waals surface area (Å²) >= 11 is 0. The molecule has 1 aromatic carbocycles. The van der Waals surface area contributed by atoms with Crippen LogP contribution in [0.1, 0.15) is 24.8 Å². The number of carbonyl (C=O) groups is 2. The van der Waals surface area contributed by atoms with Crippen LogP contribution in [-0.2, 0) is 9.59 Å². The Morgan fingerprint density at radius 1 is 1.33 bits per heavy atom. The number of hydrogen-bond donors (Lipinski definition) is 2. The van der Waals surface area contributed by atoms with Gasteiger partial charge in [-0.1, -0.05) is 25.1 Å². The second-order valence-corrected chi connectivity index (χ2v) is 3.32. The molecule has 0 aliphatic carbocycles. The summed E-state index contributed by atoms with van der Waals surface area (Å²) in [4.78, 5) is 21.8. The summed E-state index contributed by atoms with van der Waals surface area (Å²) < 4.78 is 0. The van der Waals surface area contributed by atoms with Crippen molar-refractivity contribution in [3.8, 4) is 5.75 Å². The van der Waals surface area contributed by atoms with Gasteiger partial charge < -0.3 is 10.2 Å². The van der Waals surface area contributed by atoms with Crippen molar-refractivity contribution in [2.75, 3.05) is 0 Å². The van der Waals surface area contributed by atoms with Gasteiger partial charge in [-0.05, 0) is 6.07 Å². The number of phenols is 1. The van der Waals surface area contributed by atoms with Crippen molar-refractivity contribution in [1.29, 1.82) is 0 Å². The van der Waals surface area contributed by atoms with E-state index >= 15 is 0 Å². The molecular formula is C11H12O4.